The molecule has 0 unspecified atom stereocenters. The highest BCUT2D eigenvalue weighted by molar-refractivity contribution is 7.91. The molecule has 0 aromatic heterocycles. The number of sulfone groups is 1. The van der Waals surface area contributed by atoms with Crippen molar-refractivity contribution in [3.05, 3.63) is 0 Å². The van der Waals surface area contributed by atoms with Crippen molar-refractivity contribution in [2.24, 2.45) is 11.7 Å². The zero-order valence-electron chi connectivity index (χ0n) is 5.37. The molecular formula is C5H11NO2S. The van der Waals surface area contributed by atoms with E-state index in [9.17, 15) is 8.42 Å². The van der Waals surface area contributed by atoms with Crippen LogP contribution in [0.1, 0.15) is 6.42 Å². The molecule has 1 rings (SSSR count). The molecule has 4 heteroatoms. The van der Waals surface area contributed by atoms with E-state index in [1.165, 1.54) is 6.26 Å². The second-order valence-corrected chi connectivity index (χ2v) is 4.86. The first kappa shape index (κ1) is 7.02. The number of rotatable bonds is 2. The molecule has 1 saturated carbocycles. The van der Waals surface area contributed by atoms with Crippen LogP contribution in [0.25, 0.3) is 0 Å². The molecule has 0 spiro atoms. The average molecular weight is 149 g/mol. The van der Waals surface area contributed by atoms with E-state index in [1.807, 2.05) is 0 Å². The lowest BCUT2D eigenvalue weighted by Crippen LogP contribution is -2.11. The number of hydrogen-bond acceptors (Lipinski definition) is 3. The van der Waals surface area contributed by atoms with Crippen LogP contribution in [0.5, 0.6) is 0 Å². The second kappa shape index (κ2) is 1.95. The zero-order valence-corrected chi connectivity index (χ0v) is 6.19. The van der Waals surface area contributed by atoms with E-state index in [1.54, 1.807) is 0 Å². The highest BCUT2D eigenvalue weighted by atomic mass is 32.2. The van der Waals surface area contributed by atoms with Crippen molar-refractivity contribution in [2.45, 2.75) is 11.7 Å². The molecule has 3 nitrogen and oxygen atoms in total. The number of nitrogens with two attached hydrogens (primary N) is 1. The predicted octanol–water partition coefficient (Wildman–Crippen LogP) is -0.622. The van der Waals surface area contributed by atoms with E-state index in [-0.39, 0.29) is 11.2 Å². The Morgan fingerprint density at radius 2 is 2.22 bits per heavy atom. The Morgan fingerprint density at radius 3 is 2.33 bits per heavy atom. The van der Waals surface area contributed by atoms with Gasteiger partial charge < -0.3 is 5.73 Å². The molecule has 1 fully saturated rings. The Morgan fingerprint density at radius 1 is 1.67 bits per heavy atom. The minimum absolute atomic E-state index is 0.123. The minimum Gasteiger partial charge on any atom is -0.330 e. The van der Waals surface area contributed by atoms with Gasteiger partial charge in [0.1, 0.15) is 0 Å². The van der Waals surface area contributed by atoms with Crippen molar-refractivity contribution in [2.75, 3.05) is 12.8 Å². The topological polar surface area (TPSA) is 60.2 Å². The van der Waals surface area contributed by atoms with Crippen LogP contribution in [0.4, 0.5) is 0 Å². The fourth-order valence-electron chi connectivity index (χ4n) is 0.992. The van der Waals surface area contributed by atoms with Crippen LogP contribution in [0.2, 0.25) is 0 Å². The summed E-state index contributed by atoms with van der Waals surface area (Å²) in [5.41, 5.74) is 5.26. The largest absolute Gasteiger partial charge is 0.330 e. The lowest BCUT2D eigenvalue weighted by molar-refractivity contribution is 0.598. The van der Waals surface area contributed by atoms with Gasteiger partial charge in [-0.15, -0.1) is 0 Å². The monoisotopic (exact) mass is 149 g/mol. The zero-order chi connectivity index (χ0) is 7.07. The van der Waals surface area contributed by atoms with E-state index in [0.717, 1.165) is 6.42 Å². The Balaban J connectivity index is 2.53. The van der Waals surface area contributed by atoms with Gasteiger partial charge in [0, 0.05) is 6.26 Å². The Bertz CT molecular complexity index is 197. The standard InChI is InChI=1S/C5H11NO2S/c1-9(7,8)5-2-4(5)3-6/h4-5H,2-3,6H2,1H3/t4-,5-/m1/s1. The Kier molecular flexibility index (Phi) is 1.52. The molecule has 54 valence electrons. The third-order valence-corrected chi connectivity index (χ3v) is 3.39. The summed E-state index contributed by atoms with van der Waals surface area (Å²) in [6.45, 7) is 0.512. The van der Waals surface area contributed by atoms with Crippen LogP contribution < -0.4 is 5.73 Å². The van der Waals surface area contributed by atoms with Crippen molar-refractivity contribution >= 4 is 9.84 Å². The highest BCUT2D eigenvalue weighted by Gasteiger charge is 2.43. The summed E-state index contributed by atoms with van der Waals surface area (Å²) in [7, 11) is -2.77. The van der Waals surface area contributed by atoms with Crippen molar-refractivity contribution in [3.63, 3.8) is 0 Å². The smallest absolute Gasteiger partial charge is 0.150 e. The first-order valence-corrected chi connectivity index (χ1v) is 4.90. The van der Waals surface area contributed by atoms with E-state index in [0.29, 0.717) is 6.54 Å². The van der Waals surface area contributed by atoms with Gasteiger partial charge in [0.15, 0.2) is 9.84 Å². The molecule has 1 aliphatic rings. The van der Waals surface area contributed by atoms with E-state index < -0.39 is 9.84 Å². The van der Waals surface area contributed by atoms with Crippen LogP contribution in [0, 0.1) is 5.92 Å². The van der Waals surface area contributed by atoms with Crippen molar-refractivity contribution < 1.29 is 8.42 Å². The first-order chi connectivity index (χ1) is 4.05. The molecule has 1 aliphatic carbocycles. The molecule has 0 bridgehead atoms. The average Bonchev–Trinajstić information content (AvgIpc) is 2.39. The van der Waals surface area contributed by atoms with Crippen molar-refractivity contribution in [1.82, 2.24) is 0 Å². The summed E-state index contributed by atoms with van der Waals surface area (Å²) in [5.74, 6) is 0.250. The van der Waals surface area contributed by atoms with Gasteiger partial charge in [-0.3, -0.25) is 0 Å². The molecule has 0 aliphatic heterocycles. The van der Waals surface area contributed by atoms with E-state index >= 15 is 0 Å². The van der Waals surface area contributed by atoms with Gasteiger partial charge >= 0.3 is 0 Å². The van der Waals surface area contributed by atoms with E-state index in [4.69, 9.17) is 5.73 Å². The van der Waals surface area contributed by atoms with Crippen molar-refractivity contribution in [3.8, 4) is 0 Å². The van der Waals surface area contributed by atoms with Crippen molar-refractivity contribution in [1.29, 1.82) is 0 Å². The number of hydrogen-bond donors (Lipinski definition) is 1. The Labute approximate surface area is 55.2 Å². The Hall–Kier alpha value is -0.0900. The predicted molar refractivity (Wildman–Crippen MR) is 35.8 cm³/mol. The summed E-state index contributed by atoms with van der Waals surface area (Å²) < 4.78 is 21.4. The summed E-state index contributed by atoms with van der Waals surface area (Å²) in [6, 6.07) is 0. The maximum Gasteiger partial charge on any atom is 0.150 e. The van der Waals surface area contributed by atoms with Gasteiger partial charge in [-0.2, -0.15) is 0 Å². The lowest BCUT2D eigenvalue weighted by atomic mass is 10.4. The normalized spacial score (nSPS) is 34.4. The summed E-state index contributed by atoms with van der Waals surface area (Å²) in [4.78, 5) is 0. The van der Waals surface area contributed by atoms with Crippen LogP contribution >= 0.6 is 0 Å². The minimum atomic E-state index is -2.77. The summed E-state index contributed by atoms with van der Waals surface area (Å²) in [6.07, 6.45) is 2.04. The fourth-order valence-corrected chi connectivity index (χ4v) is 2.40. The molecule has 0 saturated heterocycles. The van der Waals surface area contributed by atoms with Crippen LogP contribution in [-0.2, 0) is 9.84 Å². The SMILES string of the molecule is CS(=O)(=O)[C@@H]1C[C@@H]1CN. The summed E-state index contributed by atoms with van der Waals surface area (Å²) in [5, 5.41) is -0.123. The van der Waals surface area contributed by atoms with Gasteiger partial charge in [-0.25, -0.2) is 8.42 Å². The molecule has 0 radical (unpaired) electrons. The van der Waals surface area contributed by atoms with Crippen LogP contribution in [0.3, 0.4) is 0 Å². The summed E-state index contributed by atoms with van der Waals surface area (Å²) >= 11 is 0. The van der Waals surface area contributed by atoms with Gasteiger partial charge in [-0.05, 0) is 18.9 Å². The van der Waals surface area contributed by atoms with Crippen LogP contribution in [0.15, 0.2) is 0 Å². The molecule has 0 amide bonds. The van der Waals surface area contributed by atoms with E-state index in [2.05, 4.69) is 0 Å². The molecule has 2 atom stereocenters. The molecular weight excluding hydrogens is 138 g/mol. The maximum atomic E-state index is 10.7. The molecule has 2 N–H and O–H groups in total. The third-order valence-electron chi connectivity index (χ3n) is 1.71. The highest BCUT2D eigenvalue weighted by Crippen LogP contribution is 2.35. The van der Waals surface area contributed by atoms with Gasteiger partial charge in [0.05, 0.1) is 5.25 Å². The second-order valence-electron chi connectivity index (χ2n) is 2.60. The van der Waals surface area contributed by atoms with Gasteiger partial charge in [-0.1, -0.05) is 0 Å². The first-order valence-electron chi connectivity index (χ1n) is 2.94. The quantitative estimate of drug-likeness (QED) is 0.569. The van der Waals surface area contributed by atoms with Crippen LogP contribution in [-0.4, -0.2) is 26.5 Å². The third kappa shape index (κ3) is 1.43. The van der Waals surface area contributed by atoms with Gasteiger partial charge in [0.25, 0.3) is 0 Å². The molecule has 9 heavy (non-hydrogen) atoms. The lowest BCUT2D eigenvalue weighted by Gasteiger charge is -1.90. The maximum absolute atomic E-state index is 10.7. The molecule has 0 heterocycles. The molecule has 0 aromatic carbocycles. The molecule has 0 aromatic rings. The fraction of sp³-hybridized carbons (Fsp3) is 1.00. The van der Waals surface area contributed by atoms with Gasteiger partial charge in [0.2, 0.25) is 0 Å².